The fourth-order valence-electron chi connectivity index (χ4n) is 1.33. The summed E-state index contributed by atoms with van der Waals surface area (Å²) in [6.45, 7) is 0.772. The van der Waals surface area contributed by atoms with Gasteiger partial charge in [0, 0.05) is 6.42 Å². The van der Waals surface area contributed by atoms with E-state index in [0.717, 1.165) is 18.7 Å². The van der Waals surface area contributed by atoms with Gasteiger partial charge in [-0.2, -0.15) is 0 Å². The van der Waals surface area contributed by atoms with Crippen LogP contribution in [-0.4, -0.2) is 11.5 Å². The molecule has 0 bridgehead atoms. The fraction of sp³-hybridized carbons (Fsp3) is 0.625. The molecule has 1 saturated carbocycles. The lowest BCUT2D eigenvalue weighted by molar-refractivity contribution is 0.428. The van der Waals surface area contributed by atoms with Crippen molar-refractivity contribution in [2.45, 2.75) is 19.3 Å². The number of aromatic nitrogens is 1. The van der Waals surface area contributed by atoms with Crippen molar-refractivity contribution in [3.63, 3.8) is 0 Å². The zero-order valence-corrected chi connectivity index (χ0v) is 6.42. The van der Waals surface area contributed by atoms with E-state index >= 15 is 0 Å². The first-order valence-electron chi connectivity index (χ1n) is 3.92. The highest BCUT2D eigenvalue weighted by Gasteiger charge is 2.41. The van der Waals surface area contributed by atoms with Gasteiger partial charge in [-0.1, -0.05) is 0 Å². The molecule has 2 rings (SSSR count). The van der Waals surface area contributed by atoms with Crippen molar-refractivity contribution < 1.29 is 4.42 Å². The van der Waals surface area contributed by atoms with E-state index in [9.17, 15) is 0 Å². The Kier molecular flexibility index (Phi) is 1.46. The minimum absolute atomic E-state index is 0.361. The Hall–Kier alpha value is -0.830. The van der Waals surface area contributed by atoms with Gasteiger partial charge in [0.1, 0.15) is 5.76 Å². The molecule has 3 heteroatoms. The van der Waals surface area contributed by atoms with Crippen LogP contribution in [0.3, 0.4) is 0 Å². The Balaban J connectivity index is 2.01. The summed E-state index contributed by atoms with van der Waals surface area (Å²) < 4.78 is 5.14. The van der Waals surface area contributed by atoms with Gasteiger partial charge >= 0.3 is 0 Å². The Bertz CT molecular complexity index is 226. The summed E-state index contributed by atoms with van der Waals surface area (Å²) in [5.74, 6) is 0.966. The van der Waals surface area contributed by atoms with Crippen molar-refractivity contribution >= 4 is 0 Å². The molecule has 1 heterocycles. The van der Waals surface area contributed by atoms with Crippen LogP contribution >= 0.6 is 0 Å². The van der Waals surface area contributed by atoms with E-state index in [4.69, 9.17) is 10.2 Å². The molecular weight excluding hydrogens is 140 g/mol. The predicted octanol–water partition coefficient (Wildman–Crippen LogP) is 0.956. The molecule has 1 aliphatic rings. The number of nitrogens with zero attached hydrogens (tertiary/aromatic N) is 1. The van der Waals surface area contributed by atoms with Crippen molar-refractivity contribution in [2.24, 2.45) is 11.1 Å². The molecule has 0 unspecified atom stereocenters. The van der Waals surface area contributed by atoms with Gasteiger partial charge in [0.25, 0.3) is 0 Å². The van der Waals surface area contributed by atoms with E-state index in [0.29, 0.717) is 5.41 Å². The lowest BCUT2D eigenvalue weighted by atomic mass is 10.0. The van der Waals surface area contributed by atoms with Gasteiger partial charge in [-0.25, -0.2) is 4.98 Å². The second-order valence-electron chi connectivity index (χ2n) is 3.35. The zero-order chi connectivity index (χ0) is 7.73. The van der Waals surface area contributed by atoms with Crippen molar-refractivity contribution in [2.75, 3.05) is 6.54 Å². The highest BCUT2D eigenvalue weighted by molar-refractivity contribution is 5.03. The van der Waals surface area contributed by atoms with Gasteiger partial charge in [-0.15, -0.1) is 0 Å². The van der Waals surface area contributed by atoms with Crippen LogP contribution in [0.4, 0.5) is 0 Å². The fourth-order valence-corrected chi connectivity index (χ4v) is 1.33. The Morgan fingerprint density at radius 3 is 2.91 bits per heavy atom. The third kappa shape index (κ3) is 1.28. The van der Waals surface area contributed by atoms with Crippen LogP contribution in [0.1, 0.15) is 18.6 Å². The average Bonchev–Trinajstić information content (AvgIpc) is 2.59. The lowest BCUT2D eigenvalue weighted by Crippen LogP contribution is -2.17. The number of rotatable bonds is 3. The molecule has 1 aromatic rings. The normalized spacial score (nSPS) is 20.1. The summed E-state index contributed by atoms with van der Waals surface area (Å²) in [6.07, 6.45) is 6.69. The Morgan fingerprint density at radius 2 is 2.45 bits per heavy atom. The van der Waals surface area contributed by atoms with E-state index in [2.05, 4.69) is 4.98 Å². The maximum absolute atomic E-state index is 5.62. The van der Waals surface area contributed by atoms with Gasteiger partial charge in [0.15, 0.2) is 6.39 Å². The highest BCUT2D eigenvalue weighted by atomic mass is 16.3. The molecule has 0 saturated heterocycles. The molecule has 0 aliphatic heterocycles. The standard InChI is InChI=1S/C8H12N2O/c9-5-8(1-2-8)3-7-4-10-6-11-7/h4,6H,1-3,5,9H2. The minimum atomic E-state index is 0.361. The first-order valence-corrected chi connectivity index (χ1v) is 3.92. The molecule has 0 spiro atoms. The molecule has 11 heavy (non-hydrogen) atoms. The van der Waals surface area contributed by atoms with Crippen LogP contribution < -0.4 is 5.73 Å². The summed E-state index contributed by atoms with van der Waals surface area (Å²) in [6, 6.07) is 0. The number of oxazole rings is 1. The van der Waals surface area contributed by atoms with Gasteiger partial charge in [-0.3, -0.25) is 0 Å². The minimum Gasteiger partial charge on any atom is -0.449 e. The van der Waals surface area contributed by atoms with Crippen LogP contribution in [0, 0.1) is 5.41 Å². The predicted molar refractivity (Wildman–Crippen MR) is 40.9 cm³/mol. The van der Waals surface area contributed by atoms with E-state index in [-0.39, 0.29) is 0 Å². The number of nitrogens with two attached hydrogens (primary N) is 1. The summed E-state index contributed by atoms with van der Waals surface area (Å²) in [5, 5.41) is 0. The molecule has 0 radical (unpaired) electrons. The first-order chi connectivity index (χ1) is 5.35. The molecule has 3 nitrogen and oxygen atoms in total. The maximum Gasteiger partial charge on any atom is 0.180 e. The molecular formula is C8H12N2O. The third-order valence-electron chi connectivity index (χ3n) is 2.42. The van der Waals surface area contributed by atoms with Gasteiger partial charge in [-0.05, 0) is 24.8 Å². The SMILES string of the molecule is NCC1(Cc2cnco2)CC1. The van der Waals surface area contributed by atoms with Crippen LogP contribution in [0.2, 0.25) is 0 Å². The summed E-state index contributed by atoms with van der Waals surface area (Å²) in [7, 11) is 0. The van der Waals surface area contributed by atoms with Gasteiger partial charge in [0.2, 0.25) is 0 Å². The topological polar surface area (TPSA) is 52.0 Å². The molecule has 0 amide bonds. The number of hydrogen-bond donors (Lipinski definition) is 1. The zero-order valence-electron chi connectivity index (χ0n) is 6.42. The van der Waals surface area contributed by atoms with Crippen LogP contribution in [-0.2, 0) is 6.42 Å². The van der Waals surface area contributed by atoms with Gasteiger partial charge < -0.3 is 10.2 Å². The molecule has 60 valence electrons. The van der Waals surface area contributed by atoms with Crippen LogP contribution in [0.15, 0.2) is 17.0 Å². The molecule has 0 aromatic carbocycles. The van der Waals surface area contributed by atoms with Crippen LogP contribution in [0.5, 0.6) is 0 Å². The van der Waals surface area contributed by atoms with Crippen molar-refractivity contribution in [3.8, 4) is 0 Å². The largest absolute Gasteiger partial charge is 0.449 e. The summed E-state index contributed by atoms with van der Waals surface area (Å²) in [5.41, 5.74) is 5.98. The van der Waals surface area contributed by atoms with E-state index in [1.54, 1.807) is 6.20 Å². The monoisotopic (exact) mass is 152 g/mol. The van der Waals surface area contributed by atoms with Crippen LogP contribution in [0.25, 0.3) is 0 Å². The maximum atomic E-state index is 5.62. The third-order valence-corrected chi connectivity index (χ3v) is 2.42. The van der Waals surface area contributed by atoms with E-state index in [1.165, 1.54) is 19.2 Å². The lowest BCUT2D eigenvalue weighted by Gasteiger charge is -2.07. The second kappa shape index (κ2) is 2.34. The summed E-state index contributed by atoms with van der Waals surface area (Å²) in [4.78, 5) is 3.86. The smallest absolute Gasteiger partial charge is 0.180 e. The first kappa shape index (κ1) is 6.85. The van der Waals surface area contributed by atoms with E-state index in [1.807, 2.05) is 0 Å². The molecule has 1 aliphatic carbocycles. The van der Waals surface area contributed by atoms with Gasteiger partial charge in [0.05, 0.1) is 6.20 Å². The van der Waals surface area contributed by atoms with E-state index < -0.39 is 0 Å². The molecule has 1 aromatic heterocycles. The molecule has 1 fully saturated rings. The molecule has 2 N–H and O–H groups in total. The second-order valence-corrected chi connectivity index (χ2v) is 3.35. The molecule has 0 atom stereocenters. The van der Waals surface area contributed by atoms with Crippen molar-refractivity contribution in [3.05, 3.63) is 18.4 Å². The highest BCUT2D eigenvalue weighted by Crippen LogP contribution is 2.47. The quantitative estimate of drug-likeness (QED) is 0.701. The number of hydrogen-bond acceptors (Lipinski definition) is 3. The average molecular weight is 152 g/mol. The Morgan fingerprint density at radius 1 is 1.64 bits per heavy atom. The summed E-state index contributed by atoms with van der Waals surface area (Å²) >= 11 is 0. The Labute approximate surface area is 65.6 Å². The van der Waals surface area contributed by atoms with Crippen molar-refractivity contribution in [1.82, 2.24) is 4.98 Å². The van der Waals surface area contributed by atoms with Crippen molar-refractivity contribution in [1.29, 1.82) is 0 Å².